The first kappa shape index (κ1) is 19.7. The maximum absolute atomic E-state index is 5.97. The Morgan fingerprint density at radius 2 is 2.23 bits per heavy atom. The summed E-state index contributed by atoms with van der Waals surface area (Å²) in [7, 11) is 1.69. The smallest absolute Gasteiger partial charge is 0.188 e. The van der Waals surface area contributed by atoms with E-state index in [1.54, 1.807) is 18.4 Å². The molecule has 2 atom stereocenters. The molecule has 0 spiro atoms. The molecule has 0 amide bonds. The molecule has 1 aromatic heterocycles. The SMILES string of the molecule is COCC(C)NC(N)=NCC(c1cccs1)N1CCCC1.I. The molecule has 2 heterocycles. The molecule has 3 N–H and O–H groups in total. The molecule has 0 saturated carbocycles. The summed E-state index contributed by atoms with van der Waals surface area (Å²) in [6.07, 6.45) is 2.56. The van der Waals surface area contributed by atoms with Gasteiger partial charge in [-0.1, -0.05) is 6.07 Å². The van der Waals surface area contributed by atoms with Crippen molar-refractivity contribution in [3.63, 3.8) is 0 Å². The summed E-state index contributed by atoms with van der Waals surface area (Å²) in [5.74, 6) is 0.500. The van der Waals surface area contributed by atoms with Crippen molar-refractivity contribution in [2.24, 2.45) is 10.7 Å². The van der Waals surface area contributed by atoms with Crippen molar-refractivity contribution in [2.45, 2.75) is 31.8 Å². The van der Waals surface area contributed by atoms with Crippen molar-refractivity contribution in [3.05, 3.63) is 22.4 Å². The highest BCUT2D eigenvalue weighted by atomic mass is 127. The van der Waals surface area contributed by atoms with Crippen LogP contribution in [0.15, 0.2) is 22.5 Å². The van der Waals surface area contributed by atoms with Crippen molar-refractivity contribution in [1.29, 1.82) is 0 Å². The fourth-order valence-electron chi connectivity index (χ4n) is 2.69. The minimum absolute atomic E-state index is 0. The number of nitrogens with one attached hydrogen (secondary N) is 1. The summed E-state index contributed by atoms with van der Waals surface area (Å²) in [5, 5.41) is 5.29. The van der Waals surface area contributed by atoms with E-state index in [9.17, 15) is 0 Å². The van der Waals surface area contributed by atoms with E-state index >= 15 is 0 Å². The monoisotopic (exact) mass is 438 g/mol. The molecule has 0 radical (unpaired) electrons. The molecular weight excluding hydrogens is 411 g/mol. The van der Waals surface area contributed by atoms with Crippen molar-refractivity contribution >= 4 is 41.3 Å². The average molecular weight is 438 g/mol. The highest BCUT2D eigenvalue weighted by Crippen LogP contribution is 2.28. The van der Waals surface area contributed by atoms with Crippen LogP contribution in [0, 0.1) is 0 Å². The lowest BCUT2D eigenvalue weighted by atomic mass is 10.2. The molecule has 7 heteroatoms. The fraction of sp³-hybridized carbons (Fsp3) is 0.667. The third-order valence-electron chi connectivity index (χ3n) is 3.70. The van der Waals surface area contributed by atoms with Crippen molar-refractivity contribution in [1.82, 2.24) is 10.2 Å². The topological polar surface area (TPSA) is 62.9 Å². The van der Waals surface area contributed by atoms with Crippen molar-refractivity contribution < 1.29 is 4.74 Å². The summed E-state index contributed by atoms with van der Waals surface area (Å²) in [6, 6.07) is 4.83. The first-order valence-electron chi connectivity index (χ1n) is 7.53. The molecule has 1 aliphatic rings. The van der Waals surface area contributed by atoms with Crippen LogP contribution in [0.25, 0.3) is 0 Å². The lowest BCUT2D eigenvalue weighted by Gasteiger charge is -2.25. The van der Waals surface area contributed by atoms with E-state index in [-0.39, 0.29) is 30.0 Å². The number of likely N-dealkylation sites (tertiary alicyclic amines) is 1. The van der Waals surface area contributed by atoms with E-state index in [1.807, 2.05) is 6.92 Å². The van der Waals surface area contributed by atoms with Crippen LogP contribution in [0.5, 0.6) is 0 Å². The first-order chi connectivity index (χ1) is 10.2. The number of rotatable bonds is 7. The molecule has 1 fully saturated rings. The summed E-state index contributed by atoms with van der Waals surface area (Å²) >= 11 is 1.80. The number of nitrogens with two attached hydrogens (primary N) is 1. The number of ether oxygens (including phenoxy) is 1. The van der Waals surface area contributed by atoms with E-state index < -0.39 is 0 Å². The Balaban J connectivity index is 0.00000242. The predicted molar refractivity (Wildman–Crippen MR) is 104 cm³/mol. The average Bonchev–Trinajstić information content (AvgIpc) is 3.12. The summed E-state index contributed by atoms with van der Waals surface area (Å²) in [4.78, 5) is 8.43. The van der Waals surface area contributed by atoms with Crippen LogP contribution in [-0.4, -0.2) is 50.3 Å². The van der Waals surface area contributed by atoms with Gasteiger partial charge >= 0.3 is 0 Å². The second-order valence-corrected chi connectivity index (χ2v) is 6.48. The summed E-state index contributed by atoms with van der Waals surface area (Å²) < 4.78 is 5.09. The van der Waals surface area contributed by atoms with Gasteiger partial charge in [-0.3, -0.25) is 9.89 Å². The molecular formula is C15H27IN4OS. The van der Waals surface area contributed by atoms with Crippen LogP contribution in [0.4, 0.5) is 0 Å². The maximum atomic E-state index is 5.97. The first-order valence-corrected chi connectivity index (χ1v) is 8.41. The van der Waals surface area contributed by atoms with Crippen LogP contribution >= 0.6 is 35.3 Å². The Bertz CT molecular complexity index is 435. The predicted octanol–water partition coefficient (Wildman–Crippen LogP) is 2.44. The van der Waals surface area contributed by atoms with Gasteiger partial charge in [-0.05, 0) is 44.3 Å². The fourth-order valence-corrected chi connectivity index (χ4v) is 3.55. The number of aliphatic imine (C=N–C) groups is 1. The van der Waals surface area contributed by atoms with Gasteiger partial charge in [0.05, 0.1) is 19.2 Å². The standard InChI is InChI=1S/C15H26N4OS.HI/c1-12(11-20-2)18-15(16)17-10-13(14-6-5-9-21-14)19-7-3-4-8-19;/h5-6,9,12-13H,3-4,7-8,10-11H2,1-2H3,(H3,16,17,18);1H. The molecule has 5 nitrogen and oxygen atoms in total. The highest BCUT2D eigenvalue weighted by Gasteiger charge is 2.24. The Hall–Kier alpha value is -0.380. The Labute approximate surface area is 154 Å². The van der Waals surface area contributed by atoms with Gasteiger partial charge in [0.1, 0.15) is 0 Å². The van der Waals surface area contributed by atoms with E-state index in [1.165, 1.54) is 17.7 Å². The van der Waals surface area contributed by atoms with Gasteiger partial charge in [-0.15, -0.1) is 35.3 Å². The molecule has 0 aliphatic carbocycles. The zero-order chi connectivity index (χ0) is 15.1. The van der Waals surface area contributed by atoms with Crippen LogP contribution < -0.4 is 11.1 Å². The minimum Gasteiger partial charge on any atom is -0.383 e. The number of thiophene rings is 1. The molecule has 1 aliphatic heterocycles. The van der Waals surface area contributed by atoms with E-state index in [2.05, 4.69) is 32.7 Å². The van der Waals surface area contributed by atoms with Gasteiger partial charge in [0.15, 0.2) is 5.96 Å². The van der Waals surface area contributed by atoms with E-state index in [0.717, 1.165) is 13.1 Å². The Kier molecular flexibility index (Phi) is 9.30. The van der Waals surface area contributed by atoms with Gasteiger partial charge in [-0.25, -0.2) is 0 Å². The van der Waals surface area contributed by atoms with Gasteiger partial charge in [0.2, 0.25) is 0 Å². The van der Waals surface area contributed by atoms with E-state index in [0.29, 0.717) is 25.2 Å². The lowest BCUT2D eigenvalue weighted by molar-refractivity contribution is 0.179. The molecule has 22 heavy (non-hydrogen) atoms. The number of hydrogen-bond acceptors (Lipinski definition) is 4. The minimum atomic E-state index is 0. The molecule has 1 aromatic rings. The van der Waals surface area contributed by atoms with Crippen LogP contribution in [0.2, 0.25) is 0 Å². The zero-order valence-corrected chi connectivity index (χ0v) is 16.5. The van der Waals surface area contributed by atoms with E-state index in [4.69, 9.17) is 10.5 Å². The van der Waals surface area contributed by atoms with Gasteiger partial charge in [-0.2, -0.15) is 0 Å². The third-order valence-corrected chi connectivity index (χ3v) is 4.67. The second-order valence-electron chi connectivity index (χ2n) is 5.50. The molecule has 0 aromatic carbocycles. The van der Waals surface area contributed by atoms with Crippen molar-refractivity contribution in [3.8, 4) is 0 Å². The third kappa shape index (κ3) is 6.02. The summed E-state index contributed by atoms with van der Waals surface area (Å²) in [6.45, 7) is 5.68. The quantitative estimate of drug-likeness (QED) is 0.390. The number of halogens is 1. The molecule has 2 unspecified atom stereocenters. The number of nitrogens with zero attached hydrogens (tertiary/aromatic N) is 2. The van der Waals surface area contributed by atoms with Crippen LogP contribution in [0.1, 0.15) is 30.7 Å². The van der Waals surface area contributed by atoms with Crippen LogP contribution in [0.3, 0.4) is 0 Å². The number of methoxy groups -OCH3 is 1. The lowest BCUT2D eigenvalue weighted by Crippen LogP contribution is -2.41. The number of guanidine groups is 1. The van der Waals surface area contributed by atoms with Gasteiger partial charge in [0, 0.05) is 18.0 Å². The molecule has 1 saturated heterocycles. The normalized spacial score (nSPS) is 18.7. The zero-order valence-electron chi connectivity index (χ0n) is 13.3. The maximum Gasteiger partial charge on any atom is 0.188 e. The van der Waals surface area contributed by atoms with Gasteiger partial charge < -0.3 is 15.8 Å². The molecule has 0 bridgehead atoms. The number of hydrogen-bond donors (Lipinski definition) is 2. The Morgan fingerprint density at radius 3 is 2.82 bits per heavy atom. The molecule has 126 valence electrons. The molecule has 2 rings (SSSR count). The second kappa shape index (κ2) is 10.4. The van der Waals surface area contributed by atoms with Gasteiger partial charge in [0.25, 0.3) is 0 Å². The van der Waals surface area contributed by atoms with Crippen LogP contribution in [-0.2, 0) is 4.74 Å². The summed E-state index contributed by atoms with van der Waals surface area (Å²) in [5.41, 5.74) is 5.97. The largest absolute Gasteiger partial charge is 0.383 e. The highest BCUT2D eigenvalue weighted by molar-refractivity contribution is 14.0. The van der Waals surface area contributed by atoms with Crippen molar-refractivity contribution in [2.75, 3.05) is 33.4 Å². The Morgan fingerprint density at radius 1 is 1.50 bits per heavy atom.